The van der Waals surface area contributed by atoms with Gasteiger partial charge in [-0.15, -0.1) is 6.58 Å². The van der Waals surface area contributed by atoms with Crippen molar-refractivity contribution in [1.29, 1.82) is 0 Å². The van der Waals surface area contributed by atoms with Gasteiger partial charge in [0.1, 0.15) is 0 Å². The summed E-state index contributed by atoms with van der Waals surface area (Å²) in [4.78, 5) is 11.2. The van der Waals surface area contributed by atoms with Crippen molar-refractivity contribution >= 4 is 5.91 Å². The van der Waals surface area contributed by atoms with E-state index in [9.17, 15) is 9.90 Å². The van der Waals surface area contributed by atoms with Crippen LogP contribution >= 0.6 is 0 Å². The van der Waals surface area contributed by atoms with Crippen LogP contribution in [0.15, 0.2) is 12.7 Å². The van der Waals surface area contributed by atoms with E-state index in [1.54, 1.807) is 6.08 Å². The molecule has 0 spiro atoms. The van der Waals surface area contributed by atoms with E-state index >= 15 is 0 Å². The summed E-state index contributed by atoms with van der Waals surface area (Å²) < 4.78 is 0. The van der Waals surface area contributed by atoms with Crippen LogP contribution in [0.3, 0.4) is 0 Å². The zero-order valence-corrected chi connectivity index (χ0v) is 8.70. The number of carbonyl (C=O) groups excluding carboxylic acids is 1. The van der Waals surface area contributed by atoms with E-state index in [0.717, 1.165) is 0 Å². The summed E-state index contributed by atoms with van der Waals surface area (Å²) in [5, 5.41) is 11.9. The largest absolute Gasteiger partial charge is 0.393 e. The second kappa shape index (κ2) is 7.53. The van der Waals surface area contributed by atoms with Crippen LogP contribution in [0.5, 0.6) is 0 Å². The highest BCUT2D eigenvalue weighted by Crippen LogP contribution is 1.95. The molecule has 0 heterocycles. The lowest BCUT2D eigenvalue weighted by atomic mass is 10.2. The van der Waals surface area contributed by atoms with Gasteiger partial charge in [-0.05, 0) is 19.3 Å². The Balaban J connectivity index is 3.58. The first-order chi connectivity index (χ1) is 6.61. The molecule has 0 aliphatic rings. The molecule has 4 nitrogen and oxygen atoms in total. The van der Waals surface area contributed by atoms with E-state index < -0.39 is 6.04 Å². The SMILES string of the molecule is C=CCC(N)C(=O)NCCC(O)CC. The number of aliphatic hydroxyl groups excluding tert-OH is 1. The molecule has 0 saturated heterocycles. The van der Waals surface area contributed by atoms with Crippen molar-refractivity contribution in [1.82, 2.24) is 5.32 Å². The van der Waals surface area contributed by atoms with Gasteiger partial charge in [0.25, 0.3) is 0 Å². The van der Waals surface area contributed by atoms with Gasteiger partial charge in [-0.1, -0.05) is 13.0 Å². The molecule has 0 aromatic heterocycles. The molecule has 0 aromatic rings. The summed E-state index contributed by atoms with van der Waals surface area (Å²) in [7, 11) is 0. The van der Waals surface area contributed by atoms with Gasteiger partial charge in [-0.2, -0.15) is 0 Å². The van der Waals surface area contributed by atoms with Gasteiger partial charge in [-0.3, -0.25) is 4.79 Å². The minimum atomic E-state index is -0.522. The number of nitrogens with two attached hydrogens (primary N) is 1. The molecule has 2 unspecified atom stereocenters. The van der Waals surface area contributed by atoms with Crippen LogP contribution in [0.4, 0.5) is 0 Å². The van der Waals surface area contributed by atoms with E-state index in [1.807, 2.05) is 6.92 Å². The van der Waals surface area contributed by atoms with Gasteiger partial charge in [0.05, 0.1) is 12.1 Å². The normalized spacial score (nSPS) is 14.5. The molecule has 82 valence electrons. The predicted molar refractivity (Wildman–Crippen MR) is 56.7 cm³/mol. The third kappa shape index (κ3) is 5.72. The Labute approximate surface area is 85.2 Å². The van der Waals surface area contributed by atoms with Crippen LogP contribution in [0.2, 0.25) is 0 Å². The number of carbonyl (C=O) groups is 1. The maximum absolute atomic E-state index is 11.2. The van der Waals surface area contributed by atoms with E-state index in [-0.39, 0.29) is 12.0 Å². The molecule has 0 radical (unpaired) electrons. The Bertz CT molecular complexity index is 183. The monoisotopic (exact) mass is 200 g/mol. The summed E-state index contributed by atoms with van der Waals surface area (Å²) in [6.07, 6.45) is 3.02. The van der Waals surface area contributed by atoms with Crippen LogP contribution in [0.25, 0.3) is 0 Å². The first-order valence-corrected chi connectivity index (χ1v) is 4.94. The number of rotatable bonds is 7. The number of nitrogens with one attached hydrogen (secondary N) is 1. The standard InChI is InChI=1S/C10H20N2O2/c1-3-5-9(11)10(14)12-7-6-8(13)4-2/h3,8-9,13H,1,4-7,11H2,2H3,(H,12,14). The van der Waals surface area contributed by atoms with Crippen LogP contribution < -0.4 is 11.1 Å². The fraction of sp³-hybridized carbons (Fsp3) is 0.700. The smallest absolute Gasteiger partial charge is 0.237 e. The van der Waals surface area contributed by atoms with Crippen LogP contribution in [-0.2, 0) is 4.79 Å². The second-order valence-electron chi connectivity index (χ2n) is 3.27. The molecule has 0 aliphatic carbocycles. The first kappa shape index (κ1) is 13.1. The molecule has 0 rings (SSSR count). The van der Waals surface area contributed by atoms with Crippen molar-refractivity contribution in [3.8, 4) is 0 Å². The summed E-state index contributed by atoms with van der Waals surface area (Å²) in [6, 6.07) is -0.522. The molecule has 0 aliphatic heterocycles. The van der Waals surface area contributed by atoms with Gasteiger partial charge in [-0.25, -0.2) is 0 Å². The molecule has 0 saturated carbocycles. The quantitative estimate of drug-likeness (QED) is 0.513. The lowest BCUT2D eigenvalue weighted by Crippen LogP contribution is -2.41. The van der Waals surface area contributed by atoms with Crippen molar-refractivity contribution in [3.05, 3.63) is 12.7 Å². The molecule has 0 aromatic carbocycles. The molecular formula is C10H20N2O2. The van der Waals surface area contributed by atoms with Crippen LogP contribution in [0, 0.1) is 0 Å². The van der Waals surface area contributed by atoms with Crippen molar-refractivity contribution in [2.24, 2.45) is 5.73 Å². The highest BCUT2D eigenvalue weighted by atomic mass is 16.3. The van der Waals surface area contributed by atoms with Crippen molar-refractivity contribution in [3.63, 3.8) is 0 Å². The molecule has 4 N–H and O–H groups in total. The molecule has 0 bridgehead atoms. The zero-order chi connectivity index (χ0) is 11.0. The highest BCUT2D eigenvalue weighted by molar-refractivity contribution is 5.81. The lowest BCUT2D eigenvalue weighted by molar-refractivity contribution is -0.122. The van der Waals surface area contributed by atoms with Crippen LogP contribution in [0.1, 0.15) is 26.2 Å². The van der Waals surface area contributed by atoms with Crippen molar-refractivity contribution in [2.75, 3.05) is 6.54 Å². The summed E-state index contributed by atoms with van der Waals surface area (Å²) in [6.45, 7) is 5.87. The van der Waals surface area contributed by atoms with Gasteiger partial charge in [0.2, 0.25) is 5.91 Å². The fourth-order valence-electron chi connectivity index (χ4n) is 0.984. The van der Waals surface area contributed by atoms with E-state index in [0.29, 0.717) is 25.8 Å². The fourth-order valence-corrected chi connectivity index (χ4v) is 0.984. The van der Waals surface area contributed by atoms with Gasteiger partial charge in [0, 0.05) is 6.54 Å². The average Bonchev–Trinajstić information content (AvgIpc) is 2.17. The second-order valence-corrected chi connectivity index (χ2v) is 3.27. The molecular weight excluding hydrogens is 180 g/mol. The third-order valence-electron chi connectivity index (χ3n) is 2.01. The minimum absolute atomic E-state index is 0.187. The molecule has 4 heteroatoms. The summed E-state index contributed by atoms with van der Waals surface area (Å²) >= 11 is 0. The summed E-state index contributed by atoms with van der Waals surface area (Å²) in [5.41, 5.74) is 5.53. The number of aliphatic hydroxyl groups is 1. The third-order valence-corrected chi connectivity index (χ3v) is 2.01. The molecule has 14 heavy (non-hydrogen) atoms. The maximum Gasteiger partial charge on any atom is 0.237 e. The number of hydrogen-bond acceptors (Lipinski definition) is 3. The number of hydrogen-bond donors (Lipinski definition) is 3. The van der Waals surface area contributed by atoms with E-state index in [2.05, 4.69) is 11.9 Å². The number of amides is 1. The van der Waals surface area contributed by atoms with Gasteiger partial charge < -0.3 is 16.2 Å². The Morgan fingerprint density at radius 1 is 1.71 bits per heavy atom. The molecule has 0 fully saturated rings. The minimum Gasteiger partial charge on any atom is -0.393 e. The first-order valence-electron chi connectivity index (χ1n) is 4.94. The Hall–Kier alpha value is -0.870. The Morgan fingerprint density at radius 2 is 2.36 bits per heavy atom. The molecule has 1 amide bonds. The van der Waals surface area contributed by atoms with Gasteiger partial charge >= 0.3 is 0 Å². The molecule has 2 atom stereocenters. The zero-order valence-electron chi connectivity index (χ0n) is 8.70. The van der Waals surface area contributed by atoms with E-state index in [1.165, 1.54) is 0 Å². The predicted octanol–water partition coefficient (Wildman–Crippen LogP) is 0.167. The highest BCUT2D eigenvalue weighted by Gasteiger charge is 2.10. The van der Waals surface area contributed by atoms with Gasteiger partial charge in [0.15, 0.2) is 0 Å². The van der Waals surface area contributed by atoms with Crippen LogP contribution in [-0.4, -0.2) is 29.7 Å². The average molecular weight is 200 g/mol. The Morgan fingerprint density at radius 3 is 2.86 bits per heavy atom. The van der Waals surface area contributed by atoms with Crippen molar-refractivity contribution < 1.29 is 9.90 Å². The topological polar surface area (TPSA) is 75.4 Å². The maximum atomic E-state index is 11.2. The van der Waals surface area contributed by atoms with E-state index in [4.69, 9.17) is 5.73 Å². The van der Waals surface area contributed by atoms with Crippen molar-refractivity contribution in [2.45, 2.75) is 38.3 Å². The lowest BCUT2D eigenvalue weighted by Gasteiger charge is -2.11. The Kier molecular flexibility index (Phi) is 7.06. The summed E-state index contributed by atoms with van der Waals surface area (Å²) in [5.74, 6) is -0.187.